The van der Waals surface area contributed by atoms with Crippen molar-refractivity contribution in [3.05, 3.63) is 6.33 Å². The van der Waals surface area contributed by atoms with E-state index in [9.17, 15) is 4.79 Å². The Morgan fingerprint density at radius 3 is 3.09 bits per heavy atom. The van der Waals surface area contributed by atoms with Crippen molar-refractivity contribution in [3.8, 4) is 0 Å². The second kappa shape index (κ2) is 3.68. The van der Waals surface area contributed by atoms with Gasteiger partial charge in [0.15, 0.2) is 4.34 Å². The highest BCUT2D eigenvalue weighted by molar-refractivity contribution is 8.02. The highest BCUT2D eigenvalue weighted by Crippen LogP contribution is 2.22. The lowest BCUT2D eigenvalue weighted by Gasteiger charge is -2.01. The van der Waals surface area contributed by atoms with Crippen LogP contribution in [0.2, 0.25) is 0 Å². The van der Waals surface area contributed by atoms with Gasteiger partial charge in [0.1, 0.15) is 6.33 Å². The van der Waals surface area contributed by atoms with Gasteiger partial charge in [0.25, 0.3) is 0 Å². The number of amides is 1. The third kappa shape index (κ3) is 2.47. The SMILES string of the molecule is CC(Sc1ncns1)C(N)=O. The summed E-state index contributed by atoms with van der Waals surface area (Å²) in [5, 5.41) is -0.233. The number of aromatic nitrogens is 2. The van der Waals surface area contributed by atoms with Crippen LogP contribution in [-0.4, -0.2) is 20.5 Å². The van der Waals surface area contributed by atoms with Crippen LogP contribution in [0.25, 0.3) is 0 Å². The van der Waals surface area contributed by atoms with Crippen LogP contribution in [-0.2, 0) is 4.79 Å². The van der Waals surface area contributed by atoms with E-state index in [1.807, 2.05) is 0 Å². The molecule has 2 N–H and O–H groups in total. The van der Waals surface area contributed by atoms with Crippen molar-refractivity contribution < 1.29 is 4.79 Å². The van der Waals surface area contributed by atoms with Gasteiger partial charge in [-0.1, -0.05) is 11.8 Å². The monoisotopic (exact) mass is 189 g/mol. The molecule has 0 spiro atoms. The lowest BCUT2D eigenvalue weighted by atomic mass is 10.5. The minimum atomic E-state index is -0.329. The highest BCUT2D eigenvalue weighted by Gasteiger charge is 2.11. The van der Waals surface area contributed by atoms with Gasteiger partial charge in [-0.3, -0.25) is 4.79 Å². The molecule has 1 heterocycles. The van der Waals surface area contributed by atoms with Crippen LogP contribution in [0.15, 0.2) is 10.7 Å². The fraction of sp³-hybridized carbons (Fsp3) is 0.400. The van der Waals surface area contributed by atoms with Crippen LogP contribution in [0.4, 0.5) is 0 Å². The first-order chi connectivity index (χ1) is 5.20. The summed E-state index contributed by atoms with van der Waals surface area (Å²) in [4.78, 5) is 14.5. The van der Waals surface area contributed by atoms with Crippen LogP contribution in [0.3, 0.4) is 0 Å². The van der Waals surface area contributed by atoms with Gasteiger partial charge < -0.3 is 5.73 Å². The Morgan fingerprint density at radius 1 is 1.91 bits per heavy atom. The molecule has 60 valence electrons. The first kappa shape index (κ1) is 8.48. The average molecular weight is 189 g/mol. The van der Waals surface area contributed by atoms with Crippen LogP contribution < -0.4 is 5.73 Å². The van der Waals surface area contributed by atoms with Gasteiger partial charge in [0.2, 0.25) is 5.91 Å². The van der Waals surface area contributed by atoms with Gasteiger partial charge in [-0.2, -0.15) is 4.37 Å². The molecule has 4 nitrogen and oxygen atoms in total. The van der Waals surface area contributed by atoms with E-state index in [2.05, 4.69) is 9.36 Å². The quantitative estimate of drug-likeness (QED) is 0.703. The van der Waals surface area contributed by atoms with E-state index < -0.39 is 0 Å². The average Bonchev–Trinajstić information content (AvgIpc) is 2.39. The van der Waals surface area contributed by atoms with Crippen molar-refractivity contribution in [1.29, 1.82) is 0 Å². The maximum atomic E-state index is 10.6. The van der Waals surface area contributed by atoms with Crippen molar-refractivity contribution in [2.75, 3.05) is 0 Å². The van der Waals surface area contributed by atoms with E-state index in [-0.39, 0.29) is 11.2 Å². The van der Waals surface area contributed by atoms with Crippen LogP contribution in [0, 0.1) is 0 Å². The Labute approximate surface area is 72.4 Å². The highest BCUT2D eigenvalue weighted by atomic mass is 32.2. The van der Waals surface area contributed by atoms with E-state index >= 15 is 0 Å². The van der Waals surface area contributed by atoms with Crippen LogP contribution in [0.1, 0.15) is 6.92 Å². The number of hydrogen-bond acceptors (Lipinski definition) is 5. The first-order valence-electron chi connectivity index (χ1n) is 2.93. The summed E-state index contributed by atoms with van der Waals surface area (Å²) in [5.74, 6) is -0.329. The van der Waals surface area contributed by atoms with Gasteiger partial charge in [0.05, 0.1) is 5.25 Å². The van der Waals surface area contributed by atoms with E-state index in [0.717, 1.165) is 4.34 Å². The number of thioether (sulfide) groups is 1. The van der Waals surface area contributed by atoms with Crippen LogP contribution in [0.5, 0.6) is 0 Å². The second-order valence-corrected chi connectivity index (χ2v) is 4.24. The summed E-state index contributed by atoms with van der Waals surface area (Å²) in [6, 6.07) is 0. The molecule has 0 saturated heterocycles. The molecule has 0 aliphatic rings. The molecule has 0 aliphatic carbocycles. The lowest BCUT2D eigenvalue weighted by molar-refractivity contribution is -0.117. The van der Waals surface area contributed by atoms with E-state index in [4.69, 9.17) is 5.73 Å². The summed E-state index contributed by atoms with van der Waals surface area (Å²) >= 11 is 2.59. The minimum Gasteiger partial charge on any atom is -0.369 e. The molecule has 11 heavy (non-hydrogen) atoms. The molecule has 0 fully saturated rings. The molecule has 0 aliphatic heterocycles. The minimum absolute atomic E-state index is 0.233. The molecular formula is C5H7N3OS2. The number of carbonyl (C=O) groups excluding carboxylic acids is 1. The lowest BCUT2D eigenvalue weighted by Crippen LogP contribution is -2.22. The number of carbonyl (C=O) groups is 1. The third-order valence-corrected chi connectivity index (χ3v) is 2.89. The van der Waals surface area contributed by atoms with Crippen molar-refractivity contribution in [3.63, 3.8) is 0 Å². The van der Waals surface area contributed by atoms with Crippen molar-refractivity contribution in [2.24, 2.45) is 5.73 Å². The Bertz CT molecular complexity index is 236. The molecule has 1 amide bonds. The molecule has 0 radical (unpaired) electrons. The van der Waals surface area contributed by atoms with E-state index in [0.29, 0.717) is 0 Å². The van der Waals surface area contributed by atoms with Crippen molar-refractivity contribution >= 4 is 29.2 Å². The van der Waals surface area contributed by atoms with E-state index in [1.54, 1.807) is 6.92 Å². The number of hydrogen-bond donors (Lipinski definition) is 1. The van der Waals surface area contributed by atoms with Gasteiger partial charge in [-0.05, 0) is 18.5 Å². The predicted octanol–water partition coefficient (Wildman–Crippen LogP) is 0.504. The molecule has 1 atom stereocenters. The van der Waals surface area contributed by atoms with Crippen molar-refractivity contribution in [2.45, 2.75) is 16.5 Å². The Balaban J connectivity index is 2.50. The predicted molar refractivity (Wildman–Crippen MR) is 44.4 cm³/mol. The molecule has 6 heteroatoms. The number of nitrogens with two attached hydrogens (primary N) is 1. The van der Waals surface area contributed by atoms with E-state index in [1.165, 1.54) is 29.6 Å². The molecule has 1 aromatic heterocycles. The smallest absolute Gasteiger partial charge is 0.230 e. The van der Waals surface area contributed by atoms with Gasteiger partial charge in [-0.25, -0.2) is 4.98 Å². The normalized spacial score (nSPS) is 12.8. The standard InChI is InChI=1S/C5H7N3OS2/c1-3(4(6)9)10-5-7-2-8-11-5/h2-3H,1H3,(H2,6,9). The number of primary amides is 1. The summed E-state index contributed by atoms with van der Waals surface area (Å²) in [6.07, 6.45) is 1.46. The molecule has 1 aromatic rings. The van der Waals surface area contributed by atoms with Crippen LogP contribution >= 0.6 is 23.3 Å². The maximum absolute atomic E-state index is 10.6. The fourth-order valence-electron chi connectivity index (χ4n) is 0.424. The number of rotatable bonds is 3. The Kier molecular flexibility index (Phi) is 2.84. The third-order valence-electron chi connectivity index (χ3n) is 1.02. The fourth-order valence-corrected chi connectivity index (χ4v) is 1.96. The molecule has 0 bridgehead atoms. The van der Waals surface area contributed by atoms with Gasteiger partial charge >= 0.3 is 0 Å². The topological polar surface area (TPSA) is 68.9 Å². The Morgan fingerprint density at radius 2 is 2.64 bits per heavy atom. The zero-order valence-electron chi connectivity index (χ0n) is 5.85. The second-order valence-electron chi connectivity index (χ2n) is 1.87. The summed E-state index contributed by atoms with van der Waals surface area (Å²) < 4.78 is 4.57. The largest absolute Gasteiger partial charge is 0.369 e. The number of nitrogens with zero attached hydrogens (tertiary/aromatic N) is 2. The maximum Gasteiger partial charge on any atom is 0.230 e. The first-order valence-corrected chi connectivity index (χ1v) is 4.58. The molecular weight excluding hydrogens is 182 g/mol. The molecule has 0 aromatic carbocycles. The molecule has 1 rings (SSSR count). The zero-order chi connectivity index (χ0) is 8.27. The van der Waals surface area contributed by atoms with Crippen molar-refractivity contribution in [1.82, 2.24) is 9.36 Å². The summed E-state index contributed by atoms with van der Waals surface area (Å²) in [6.45, 7) is 1.74. The molecule has 0 saturated carbocycles. The van der Waals surface area contributed by atoms with Gasteiger partial charge in [0, 0.05) is 0 Å². The zero-order valence-corrected chi connectivity index (χ0v) is 7.48. The van der Waals surface area contributed by atoms with Gasteiger partial charge in [-0.15, -0.1) is 0 Å². The Hall–Kier alpha value is -0.620. The summed E-state index contributed by atoms with van der Waals surface area (Å²) in [5.41, 5.74) is 5.05. The molecule has 1 unspecified atom stereocenters. The summed E-state index contributed by atoms with van der Waals surface area (Å²) in [7, 11) is 0.